The average molecular weight is 290 g/mol. The molecule has 0 aliphatic rings. The molecule has 2 aromatic carbocycles. The van der Waals surface area contributed by atoms with Crippen LogP contribution in [0.1, 0.15) is 11.1 Å². The van der Waals surface area contributed by atoms with Crippen molar-refractivity contribution >= 4 is 22.1 Å². The summed E-state index contributed by atoms with van der Waals surface area (Å²) in [6.45, 7) is 0.605. The molecule has 0 aliphatic carbocycles. The molecule has 0 radical (unpaired) electrons. The van der Waals surface area contributed by atoms with E-state index in [9.17, 15) is 5.11 Å². The number of phenols is 1. The molecule has 0 spiro atoms. The van der Waals surface area contributed by atoms with Crippen molar-refractivity contribution in [3.63, 3.8) is 0 Å². The normalized spacial score (nSPS) is 10.9. The lowest BCUT2D eigenvalue weighted by Crippen LogP contribution is -1.85. The number of phenolic OH excluding ortho intramolecular Hbond substituents is 1. The molecule has 0 amide bonds. The number of aromatic hydroxyl groups is 1. The molecule has 17 heavy (non-hydrogen) atoms. The zero-order chi connectivity index (χ0) is 12.1. The first kappa shape index (κ1) is 11.9. The monoisotopic (exact) mass is 289 g/mol. The third-order valence-corrected chi connectivity index (χ3v) is 2.82. The van der Waals surface area contributed by atoms with Crippen molar-refractivity contribution < 1.29 is 5.11 Å². The summed E-state index contributed by atoms with van der Waals surface area (Å²) in [5, 5.41) is 9.55. The smallest absolute Gasteiger partial charge is 0.124 e. The maximum absolute atomic E-state index is 9.55. The third kappa shape index (κ3) is 3.43. The van der Waals surface area contributed by atoms with Crippen molar-refractivity contribution in [2.75, 3.05) is 0 Å². The molecule has 0 atom stereocenters. The lowest BCUT2D eigenvalue weighted by Gasteiger charge is -1.98. The molecular weight excluding hydrogens is 278 g/mol. The first-order valence-electron chi connectivity index (χ1n) is 5.28. The molecule has 2 aromatic rings. The fraction of sp³-hybridized carbons (Fsp3) is 0.0714. The maximum atomic E-state index is 9.55. The van der Waals surface area contributed by atoms with E-state index in [2.05, 4.69) is 20.9 Å². The first-order chi connectivity index (χ1) is 8.25. The summed E-state index contributed by atoms with van der Waals surface area (Å²) in [7, 11) is 0. The molecule has 0 heterocycles. The summed E-state index contributed by atoms with van der Waals surface area (Å²) in [6.07, 6.45) is 1.69. The fourth-order valence-electron chi connectivity index (χ4n) is 1.48. The summed E-state index contributed by atoms with van der Waals surface area (Å²) in [5.74, 6) is 0.255. The molecule has 1 N–H and O–H groups in total. The fourth-order valence-corrected chi connectivity index (χ4v) is 1.93. The highest BCUT2D eigenvalue weighted by Crippen LogP contribution is 2.14. The SMILES string of the molecule is Oc1ccccc1C=NCc1cccc(Br)c1. The van der Waals surface area contributed by atoms with Crippen LogP contribution in [0.3, 0.4) is 0 Å². The number of nitrogens with zero attached hydrogens (tertiary/aromatic N) is 1. The molecule has 0 fully saturated rings. The van der Waals surface area contributed by atoms with E-state index >= 15 is 0 Å². The van der Waals surface area contributed by atoms with Gasteiger partial charge in [-0.05, 0) is 29.8 Å². The number of benzene rings is 2. The number of hydrogen-bond donors (Lipinski definition) is 1. The Morgan fingerprint density at radius 2 is 1.94 bits per heavy atom. The van der Waals surface area contributed by atoms with Gasteiger partial charge >= 0.3 is 0 Å². The average Bonchev–Trinajstić information content (AvgIpc) is 2.32. The van der Waals surface area contributed by atoms with Crippen LogP contribution in [0.5, 0.6) is 5.75 Å². The molecule has 0 saturated carbocycles. The van der Waals surface area contributed by atoms with E-state index in [0.29, 0.717) is 6.54 Å². The lowest BCUT2D eigenvalue weighted by atomic mass is 10.2. The van der Waals surface area contributed by atoms with Gasteiger partial charge in [0.2, 0.25) is 0 Å². The van der Waals surface area contributed by atoms with Gasteiger partial charge in [0, 0.05) is 16.3 Å². The second-order valence-electron chi connectivity index (χ2n) is 3.66. The quantitative estimate of drug-likeness (QED) is 0.857. The van der Waals surface area contributed by atoms with Crippen LogP contribution in [0.4, 0.5) is 0 Å². The summed E-state index contributed by atoms with van der Waals surface area (Å²) >= 11 is 3.42. The highest BCUT2D eigenvalue weighted by molar-refractivity contribution is 9.10. The Bertz CT molecular complexity index is 537. The molecule has 0 aliphatic heterocycles. The van der Waals surface area contributed by atoms with Gasteiger partial charge < -0.3 is 5.11 Å². The zero-order valence-electron chi connectivity index (χ0n) is 9.18. The second kappa shape index (κ2) is 5.64. The van der Waals surface area contributed by atoms with E-state index in [1.807, 2.05) is 36.4 Å². The van der Waals surface area contributed by atoms with Gasteiger partial charge in [0.25, 0.3) is 0 Å². The Labute approximate surface area is 109 Å². The first-order valence-corrected chi connectivity index (χ1v) is 6.07. The van der Waals surface area contributed by atoms with Gasteiger partial charge in [-0.15, -0.1) is 0 Å². The molecule has 86 valence electrons. The zero-order valence-corrected chi connectivity index (χ0v) is 10.8. The van der Waals surface area contributed by atoms with Crippen LogP contribution in [0.15, 0.2) is 58.0 Å². The Kier molecular flexibility index (Phi) is 3.94. The number of aliphatic imine (C=N–C) groups is 1. The van der Waals surface area contributed by atoms with Crippen LogP contribution in [0.2, 0.25) is 0 Å². The van der Waals surface area contributed by atoms with Crippen molar-refractivity contribution in [2.45, 2.75) is 6.54 Å². The molecule has 0 aromatic heterocycles. The second-order valence-corrected chi connectivity index (χ2v) is 4.57. The molecule has 2 nitrogen and oxygen atoms in total. The van der Waals surface area contributed by atoms with Gasteiger partial charge in [0.05, 0.1) is 6.54 Å². The Hall–Kier alpha value is -1.61. The van der Waals surface area contributed by atoms with E-state index in [4.69, 9.17) is 0 Å². The van der Waals surface area contributed by atoms with Crippen molar-refractivity contribution in [2.24, 2.45) is 4.99 Å². The lowest BCUT2D eigenvalue weighted by molar-refractivity contribution is 0.474. The van der Waals surface area contributed by atoms with Crippen LogP contribution in [-0.2, 0) is 6.54 Å². The van der Waals surface area contributed by atoms with E-state index in [1.165, 1.54) is 0 Å². The van der Waals surface area contributed by atoms with E-state index < -0.39 is 0 Å². The Morgan fingerprint density at radius 1 is 1.12 bits per heavy atom. The van der Waals surface area contributed by atoms with Gasteiger partial charge in [-0.3, -0.25) is 4.99 Å². The molecule has 0 saturated heterocycles. The van der Waals surface area contributed by atoms with E-state index in [-0.39, 0.29) is 5.75 Å². The van der Waals surface area contributed by atoms with Gasteiger partial charge in [-0.1, -0.05) is 40.2 Å². The van der Waals surface area contributed by atoms with Crippen molar-refractivity contribution in [3.8, 4) is 5.75 Å². The van der Waals surface area contributed by atoms with Crippen LogP contribution in [0.25, 0.3) is 0 Å². The summed E-state index contributed by atoms with van der Waals surface area (Å²) in [6, 6.07) is 15.2. The van der Waals surface area contributed by atoms with E-state index in [0.717, 1.165) is 15.6 Å². The number of para-hydroxylation sites is 1. The van der Waals surface area contributed by atoms with Crippen LogP contribution >= 0.6 is 15.9 Å². The topological polar surface area (TPSA) is 32.6 Å². The van der Waals surface area contributed by atoms with Crippen LogP contribution in [0, 0.1) is 0 Å². The highest BCUT2D eigenvalue weighted by Gasteiger charge is 1.95. The maximum Gasteiger partial charge on any atom is 0.124 e. The van der Waals surface area contributed by atoms with Crippen LogP contribution in [-0.4, -0.2) is 11.3 Å². The number of rotatable bonds is 3. The van der Waals surface area contributed by atoms with Crippen molar-refractivity contribution in [3.05, 3.63) is 64.1 Å². The number of hydrogen-bond acceptors (Lipinski definition) is 2. The largest absolute Gasteiger partial charge is 0.507 e. The van der Waals surface area contributed by atoms with E-state index in [1.54, 1.807) is 18.3 Å². The van der Waals surface area contributed by atoms with Gasteiger partial charge in [0.1, 0.15) is 5.75 Å². The van der Waals surface area contributed by atoms with Gasteiger partial charge in [0.15, 0.2) is 0 Å². The minimum atomic E-state index is 0.255. The summed E-state index contributed by atoms with van der Waals surface area (Å²) < 4.78 is 1.05. The molecule has 0 unspecified atom stereocenters. The third-order valence-electron chi connectivity index (χ3n) is 2.33. The Morgan fingerprint density at radius 3 is 2.71 bits per heavy atom. The summed E-state index contributed by atoms with van der Waals surface area (Å²) in [5.41, 5.74) is 1.87. The molecule has 0 bridgehead atoms. The predicted molar refractivity (Wildman–Crippen MR) is 73.5 cm³/mol. The highest BCUT2D eigenvalue weighted by atomic mass is 79.9. The van der Waals surface area contributed by atoms with Crippen molar-refractivity contribution in [1.29, 1.82) is 0 Å². The minimum Gasteiger partial charge on any atom is -0.507 e. The Balaban J connectivity index is 2.06. The van der Waals surface area contributed by atoms with Gasteiger partial charge in [-0.25, -0.2) is 0 Å². The number of halogens is 1. The van der Waals surface area contributed by atoms with Crippen molar-refractivity contribution in [1.82, 2.24) is 0 Å². The molecule has 2 rings (SSSR count). The molecular formula is C14H12BrNO. The van der Waals surface area contributed by atoms with Crippen LogP contribution < -0.4 is 0 Å². The minimum absolute atomic E-state index is 0.255. The standard InChI is InChI=1S/C14H12BrNO/c15-13-6-3-4-11(8-13)9-16-10-12-5-1-2-7-14(12)17/h1-8,10,17H,9H2. The molecule has 3 heteroatoms. The predicted octanol–water partition coefficient (Wildman–Crippen LogP) is 3.77. The van der Waals surface area contributed by atoms with Gasteiger partial charge in [-0.2, -0.15) is 0 Å². The summed E-state index contributed by atoms with van der Waals surface area (Å²) in [4.78, 5) is 4.31.